The lowest BCUT2D eigenvalue weighted by molar-refractivity contribution is -0.369. The summed E-state index contributed by atoms with van der Waals surface area (Å²) in [6, 6.07) is 0. The Bertz CT molecular complexity index is 424. The van der Waals surface area contributed by atoms with E-state index >= 15 is 0 Å². The molecule has 0 saturated carbocycles. The molecule has 4 heteroatoms. The normalized spacial score (nSPS) is 14.1. The highest BCUT2D eigenvalue weighted by atomic mass is 16.4. The maximum atomic E-state index is 10.8. The van der Waals surface area contributed by atoms with Gasteiger partial charge in [-0.2, -0.15) is 0 Å². The molecule has 0 aliphatic carbocycles. The predicted molar refractivity (Wildman–Crippen MR) is 83.5 cm³/mol. The van der Waals surface area contributed by atoms with Crippen molar-refractivity contribution in [2.24, 2.45) is 5.92 Å². The summed E-state index contributed by atoms with van der Waals surface area (Å²) in [5, 5.41) is 19.1. The van der Waals surface area contributed by atoms with Gasteiger partial charge in [0.2, 0.25) is 0 Å². The first-order chi connectivity index (χ1) is 9.95. The van der Waals surface area contributed by atoms with E-state index in [4.69, 9.17) is 0 Å². The maximum absolute atomic E-state index is 10.8. The summed E-state index contributed by atoms with van der Waals surface area (Å²) in [5.41, 5.74) is 0. The van der Waals surface area contributed by atoms with Crippen molar-refractivity contribution in [3.05, 3.63) is 24.3 Å². The Labute approximate surface area is 126 Å². The van der Waals surface area contributed by atoms with Crippen molar-refractivity contribution >= 4 is 12.8 Å². The fourth-order valence-corrected chi connectivity index (χ4v) is 1.59. The van der Waals surface area contributed by atoms with Crippen molar-refractivity contribution in [1.82, 2.24) is 0 Å². The molecule has 0 aliphatic rings. The van der Waals surface area contributed by atoms with Crippen molar-refractivity contribution in [1.29, 1.82) is 0 Å². The van der Waals surface area contributed by atoms with E-state index in [2.05, 4.69) is 36.9 Å². The number of hydrogen-bond donors (Lipinski definition) is 2. The first kappa shape index (κ1) is 19.3. The molecule has 116 valence electrons. The zero-order chi connectivity index (χ0) is 16.1. The number of aliphatic hydroxyl groups is 2. The molecule has 0 rings (SSSR count). The van der Waals surface area contributed by atoms with Crippen LogP contribution in [0.1, 0.15) is 39.5 Å². The molecule has 0 amide bonds. The van der Waals surface area contributed by atoms with Crippen molar-refractivity contribution in [2.75, 3.05) is 0 Å². The lowest BCUT2D eigenvalue weighted by Gasteiger charge is -2.06. The van der Waals surface area contributed by atoms with Crippen LogP contribution in [0.25, 0.3) is 0 Å². The Hall–Kier alpha value is -1.70. The van der Waals surface area contributed by atoms with E-state index in [1.165, 1.54) is 0 Å². The van der Waals surface area contributed by atoms with Gasteiger partial charge in [-0.15, -0.1) is 0 Å². The minimum absolute atomic E-state index is 0.231. The number of aliphatic hydroxyl groups excluding tert-OH is 2. The van der Waals surface area contributed by atoms with E-state index in [1.54, 1.807) is 24.3 Å². The molecule has 2 atom stereocenters. The summed E-state index contributed by atoms with van der Waals surface area (Å²) in [6.45, 7) is 7.12. The fourth-order valence-electron chi connectivity index (χ4n) is 1.59. The molecule has 4 nitrogen and oxygen atoms in total. The molecule has 2 N–H and O–H groups in total. The summed E-state index contributed by atoms with van der Waals surface area (Å²) >= 11 is 0. The van der Waals surface area contributed by atoms with E-state index in [1.807, 2.05) is 0 Å². The largest absolute Gasteiger partial charge is 0.579 e. The number of carbonyl (C=O) groups is 1. The number of allylic oxidation sites excluding steroid dienone is 3. The Morgan fingerprint density at radius 1 is 1.33 bits per heavy atom. The summed E-state index contributed by atoms with van der Waals surface area (Å²) in [4.78, 5) is 10.8. The van der Waals surface area contributed by atoms with Crippen LogP contribution in [0.3, 0.4) is 0 Å². The topological polar surface area (TPSA) is 68.8 Å². The third-order valence-electron chi connectivity index (χ3n) is 2.61. The second-order valence-electron chi connectivity index (χ2n) is 5.15. The third kappa shape index (κ3) is 13.1. The minimum atomic E-state index is -0.761. The Balaban J connectivity index is 3.94. The molecule has 0 aliphatic heterocycles. The average Bonchev–Trinajstić information content (AvgIpc) is 2.41. The van der Waals surface area contributed by atoms with Crippen LogP contribution < -0.4 is 0 Å². The van der Waals surface area contributed by atoms with Crippen molar-refractivity contribution < 1.29 is 19.4 Å². The highest BCUT2D eigenvalue weighted by molar-refractivity contribution is 5.66. The second kappa shape index (κ2) is 12.1. The van der Waals surface area contributed by atoms with Gasteiger partial charge in [0.1, 0.15) is 12.5 Å². The predicted octanol–water partition coefficient (Wildman–Crippen LogP) is 1.93. The summed E-state index contributed by atoms with van der Waals surface area (Å²) in [6.07, 6.45) is 7.43. The Kier molecular flexibility index (Phi) is 11.1. The summed E-state index contributed by atoms with van der Waals surface area (Å²) in [5.74, 6) is 5.42. The molecule has 0 fully saturated rings. The smallest absolute Gasteiger partial charge is 0.389 e. The summed E-state index contributed by atoms with van der Waals surface area (Å²) in [7, 11) is 0. The van der Waals surface area contributed by atoms with Gasteiger partial charge in [0.05, 0.1) is 6.10 Å². The molecule has 0 aromatic rings. The SMILES string of the molecule is C=[O+]C(=O)CCCC(O)C#C/C=C/C=C/C(O)CC(C)C. The number of rotatable bonds is 8. The van der Waals surface area contributed by atoms with Crippen LogP contribution in [-0.2, 0) is 9.22 Å². The van der Waals surface area contributed by atoms with Crippen LogP contribution in [0.2, 0.25) is 0 Å². The molecule has 21 heavy (non-hydrogen) atoms. The quantitative estimate of drug-likeness (QED) is 0.408. The highest BCUT2D eigenvalue weighted by Gasteiger charge is 2.11. The van der Waals surface area contributed by atoms with Crippen LogP contribution in [0.5, 0.6) is 0 Å². The standard InChI is InChI=1S/C17H25O4/c1-14(2)13-16(19)10-7-5-4-6-9-15(18)11-8-12-17(20)21-3/h4-5,7,10,14-16,18-19H,3,8,11-13H2,1-2H3/q+1/b5-4+,10-7+. The van der Waals surface area contributed by atoms with Gasteiger partial charge in [0.15, 0.2) is 6.79 Å². The molecule has 2 unspecified atom stereocenters. The van der Waals surface area contributed by atoms with E-state index in [0.717, 1.165) is 6.42 Å². The van der Waals surface area contributed by atoms with Crippen molar-refractivity contribution in [3.63, 3.8) is 0 Å². The molecule has 0 aromatic heterocycles. The molecular weight excluding hydrogens is 268 g/mol. The lowest BCUT2D eigenvalue weighted by atomic mass is 10.1. The third-order valence-corrected chi connectivity index (χ3v) is 2.61. The van der Waals surface area contributed by atoms with Gasteiger partial charge in [-0.05, 0) is 31.3 Å². The van der Waals surface area contributed by atoms with Crippen LogP contribution in [0, 0.1) is 17.8 Å². The van der Waals surface area contributed by atoms with Crippen LogP contribution in [0.4, 0.5) is 0 Å². The Morgan fingerprint density at radius 2 is 2.05 bits per heavy atom. The molecule has 0 aromatic carbocycles. The van der Waals surface area contributed by atoms with Gasteiger partial charge in [0.25, 0.3) is 0 Å². The molecule has 0 bridgehead atoms. The molecule has 0 heterocycles. The minimum Gasteiger partial charge on any atom is -0.389 e. The molecular formula is C17H25O4+. The number of hydrogen-bond acceptors (Lipinski definition) is 3. The summed E-state index contributed by atoms with van der Waals surface area (Å²) < 4.78 is 4.25. The fraction of sp³-hybridized carbons (Fsp3) is 0.529. The zero-order valence-electron chi connectivity index (χ0n) is 12.8. The van der Waals surface area contributed by atoms with E-state index < -0.39 is 12.2 Å². The van der Waals surface area contributed by atoms with E-state index in [0.29, 0.717) is 18.8 Å². The van der Waals surface area contributed by atoms with Gasteiger partial charge in [0, 0.05) is 4.79 Å². The first-order valence-electron chi connectivity index (χ1n) is 7.11. The molecule has 0 saturated heterocycles. The first-order valence-corrected chi connectivity index (χ1v) is 7.11. The zero-order valence-corrected chi connectivity index (χ0v) is 12.8. The number of carbonyl (C=O) groups excluding carboxylic acids is 2. The van der Waals surface area contributed by atoms with Crippen LogP contribution in [0.15, 0.2) is 24.3 Å². The lowest BCUT2D eigenvalue weighted by Crippen LogP contribution is -2.05. The van der Waals surface area contributed by atoms with Crippen molar-refractivity contribution in [3.8, 4) is 11.8 Å². The van der Waals surface area contributed by atoms with E-state index in [9.17, 15) is 15.0 Å². The van der Waals surface area contributed by atoms with Crippen LogP contribution >= 0.6 is 0 Å². The Morgan fingerprint density at radius 3 is 2.67 bits per heavy atom. The average molecular weight is 293 g/mol. The van der Waals surface area contributed by atoms with Gasteiger partial charge in [-0.25, -0.2) is 0 Å². The van der Waals surface area contributed by atoms with Crippen LogP contribution in [-0.4, -0.2) is 35.2 Å². The highest BCUT2D eigenvalue weighted by Crippen LogP contribution is 2.05. The van der Waals surface area contributed by atoms with E-state index in [-0.39, 0.29) is 12.4 Å². The second-order valence-corrected chi connectivity index (χ2v) is 5.15. The van der Waals surface area contributed by atoms with Gasteiger partial charge in [-0.3, -0.25) is 4.42 Å². The van der Waals surface area contributed by atoms with Crippen molar-refractivity contribution in [2.45, 2.75) is 51.7 Å². The maximum Gasteiger partial charge on any atom is 0.579 e. The van der Waals surface area contributed by atoms with Gasteiger partial charge >= 0.3 is 5.97 Å². The van der Waals surface area contributed by atoms with Gasteiger partial charge < -0.3 is 10.2 Å². The monoisotopic (exact) mass is 293 g/mol. The molecule has 0 spiro atoms. The molecule has 0 radical (unpaired) electrons. The van der Waals surface area contributed by atoms with Gasteiger partial charge in [-0.1, -0.05) is 43.9 Å².